The molecule has 0 unspecified atom stereocenters. The average Bonchev–Trinajstić information content (AvgIpc) is 2.59. The summed E-state index contributed by atoms with van der Waals surface area (Å²) in [6.45, 7) is 3.24. The number of hydrogen-bond donors (Lipinski definition) is 3. The highest BCUT2D eigenvalue weighted by molar-refractivity contribution is 6.07. The highest BCUT2D eigenvalue weighted by atomic mass is 16.5. The third-order valence-corrected chi connectivity index (χ3v) is 3.59. The summed E-state index contributed by atoms with van der Waals surface area (Å²) in [5, 5.41) is 7.43. The van der Waals surface area contributed by atoms with Crippen molar-refractivity contribution in [2.24, 2.45) is 5.84 Å². The van der Waals surface area contributed by atoms with E-state index in [-0.39, 0.29) is 0 Å². The van der Waals surface area contributed by atoms with Crippen LogP contribution < -0.4 is 16.2 Å². The summed E-state index contributed by atoms with van der Waals surface area (Å²) in [4.78, 5) is 11.3. The maximum Gasteiger partial charge on any atom is 0.0923 e. The second-order valence-corrected chi connectivity index (χ2v) is 4.94. The van der Waals surface area contributed by atoms with Crippen LogP contribution in [0.3, 0.4) is 0 Å². The van der Waals surface area contributed by atoms with Crippen molar-refractivity contribution in [2.75, 3.05) is 31.2 Å². The summed E-state index contributed by atoms with van der Waals surface area (Å²) in [5.74, 6) is 5.28. The summed E-state index contributed by atoms with van der Waals surface area (Å²) in [6, 6.07) is 6.04. The molecular formula is C15H18N6O. The van der Waals surface area contributed by atoms with E-state index in [1.54, 1.807) is 6.20 Å². The van der Waals surface area contributed by atoms with Crippen molar-refractivity contribution in [3.05, 3.63) is 36.3 Å². The van der Waals surface area contributed by atoms with Gasteiger partial charge in [-0.2, -0.15) is 0 Å². The third-order valence-electron chi connectivity index (χ3n) is 3.59. The van der Waals surface area contributed by atoms with Crippen LogP contribution in [0.1, 0.15) is 5.69 Å². The van der Waals surface area contributed by atoms with E-state index < -0.39 is 0 Å². The predicted molar refractivity (Wildman–Crippen MR) is 86.7 cm³/mol. The van der Waals surface area contributed by atoms with E-state index in [1.165, 1.54) is 12.4 Å². The Hall–Kier alpha value is -2.51. The van der Waals surface area contributed by atoms with Gasteiger partial charge in [0.2, 0.25) is 0 Å². The zero-order valence-electron chi connectivity index (χ0n) is 12.1. The molecule has 4 N–H and O–H groups in total. The summed E-state index contributed by atoms with van der Waals surface area (Å²) < 4.78 is 5.38. The van der Waals surface area contributed by atoms with Gasteiger partial charge >= 0.3 is 0 Å². The van der Waals surface area contributed by atoms with Crippen molar-refractivity contribution in [1.29, 1.82) is 5.41 Å². The molecule has 0 spiro atoms. The van der Waals surface area contributed by atoms with Gasteiger partial charge in [0.25, 0.3) is 0 Å². The number of hydrogen-bond acceptors (Lipinski definition) is 7. The topological polar surface area (TPSA) is 100 Å². The molecule has 1 aliphatic heterocycles. The van der Waals surface area contributed by atoms with E-state index in [2.05, 4.69) is 26.4 Å². The Labute approximate surface area is 128 Å². The number of nitrogens with one attached hydrogen (secondary N) is 2. The predicted octanol–water partition coefficient (Wildman–Crippen LogP) is 0.920. The Bertz CT molecular complexity index is 708. The van der Waals surface area contributed by atoms with Gasteiger partial charge in [-0.3, -0.25) is 10.8 Å². The smallest absolute Gasteiger partial charge is 0.0923 e. The molecule has 1 aromatic carbocycles. The minimum absolute atomic E-state index is 0.577. The molecule has 0 radical (unpaired) electrons. The first-order valence-electron chi connectivity index (χ1n) is 7.08. The standard InChI is InChI=1S/C15H18N6O/c16-8-11(9-19-17)15-10-18-13-2-1-12(7-14(13)20-15)21-3-5-22-6-4-21/h1-2,7-10,16,19H,3-6,17H2/b11-9+,16-8?. The Morgan fingerprint density at radius 2 is 2.14 bits per heavy atom. The van der Waals surface area contributed by atoms with Crippen molar-refractivity contribution >= 4 is 28.5 Å². The summed E-state index contributed by atoms with van der Waals surface area (Å²) in [5.41, 5.74) is 6.35. The van der Waals surface area contributed by atoms with Gasteiger partial charge in [-0.05, 0) is 18.2 Å². The molecule has 1 aromatic heterocycles. The van der Waals surface area contributed by atoms with Gasteiger partial charge in [0.15, 0.2) is 0 Å². The fraction of sp³-hybridized carbons (Fsp3) is 0.267. The lowest BCUT2D eigenvalue weighted by molar-refractivity contribution is 0.122. The van der Waals surface area contributed by atoms with E-state index in [4.69, 9.17) is 16.0 Å². The Kier molecular flexibility index (Phi) is 4.27. The van der Waals surface area contributed by atoms with Crippen molar-refractivity contribution in [3.8, 4) is 0 Å². The number of benzene rings is 1. The maximum absolute atomic E-state index is 7.43. The number of aromatic nitrogens is 2. The number of nitrogens with zero attached hydrogens (tertiary/aromatic N) is 3. The molecule has 7 nitrogen and oxygen atoms in total. The van der Waals surface area contributed by atoms with Gasteiger partial charge in [0.05, 0.1) is 36.1 Å². The molecule has 2 aromatic rings. The molecule has 1 aliphatic rings. The highest BCUT2D eigenvalue weighted by Crippen LogP contribution is 2.22. The first-order chi connectivity index (χ1) is 10.8. The minimum Gasteiger partial charge on any atom is -0.378 e. The van der Waals surface area contributed by atoms with E-state index in [1.807, 2.05) is 12.1 Å². The molecule has 0 bridgehead atoms. The molecule has 1 saturated heterocycles. The molecule has 22 heavy (non-hydrogen) atoms. The fourth-order valence-electron chi connectivity index (χ4n) is 2.44. The molecule has 0 saturated carbocycles. The Morgan fingerprint density at radius 3 is 2.86 bits per heavy atom. The van der Waals surface area contributed by atoms with E-state index in [0.29, 0.717) is 11.3 Å². The number of rotatable bonds is 4. The zero-order valence-corrected chi connectivity index (χ0v) is 12.1. The van der Waals surface area contributed by atoms with Crippen LogP contribution in [0.25, 0.3) is 16.6 Å². The van der Waals surface area contributed by atoms with E-state index >= 15 is 0 Å². The monoisotopic (exact) mass is 298 g/mol. The quantitative estimate of drug-likeness (QED) is 0.441. The van der Waals surface area contributed by atoms with Crippen LogP contribution in [-0.2, 0) is 4.74 Å². The van der Waals surface area contributed by atoms with Gasteiger partial charge < -0.3 is 20.5 Å². The minimum atomic E-state index is 0.577. The van der Waals surface area contributed by atoms with E-state index in [9.17, 15) is 0 Å². The van der Waals surface area contributed by atoms with Crippen molar-refractivity contribution < 1.29 is 4.74 Å². The van der Waals surface area contributed by atoms with Crippen molar-refractivity contribution in [1.82, 2.24) is 15.4 Å². The molecular weight excluding hydrogens is 280 g/mol. The number of ether oxygens (including phenoxy) is 1. The number of hydrazine groups is 1. The number of allylic oxidation sites excluding steroid dienone is 1. The molecule has 114 valence electrons. The van der Waals surface area contributed by atoms with Crippen molar-refractivity contribution in [2.45, 2.75) is 0 Å². The summed E-state index contributed by atoms with van der Waals surface area (Å²) in [7, 11) is 0. The average molecular weight is 298 g/mol. The van der Waals surface area contributed by atoms with Crippen LogP contribution in [0.5, 0.6) is 0 Å². The lowest BCUT2D eigenvalue weighted by atomic mass is 10.2. The number of anilines is 1. The molecule has 0 amide bonds. The SMILES string of the molecule is N=C/C(=C\NN)c1cnc2ccc(N3CCOCC3)cc2n1. The molecule has 0 aliphatic carbocycles. The summed E-state index contributed by atoms with van der Waals surface area (Å²) in [6.07, 6.45) is 4.36. The van der Waals surface area contributed by atoms with Gasteiger partial charge in [-0.15, -0.1) is 0 Å². The summed E-state index contributed by atoms with van der Waals surface area (Å²) >= 11 is 0. The molecule has 2 heterocycles. The normalized spacial score (nSPS) is 15.9. The second kappa shape index (κ2) is 6.50. The maximum atomic E-state index is 7.43. The third kappa shape index (κ3) is 2.90. The fourth-order valence-corrected chi connectivity index (χ4v) is 2.44. The highest BCUT2D eigenvalue weighted by Gasteiger charge is 2.12. The van der Waals surface area contributed by atoms with Crippen LogP contribution in [0.4, 0.5) is 5.69 Å². The first-order valence-corrected chi connectivity index (χ1v) is 7.08. The molecule has 3 rings (SSSR count). The zero-order chi connectivity index (χ0) is 15.4. The lowest BCUT2D eigenvalue weighted by Crippen LogP contribution is -2.36. The number of morpholine rings is 1. The van der Waals surface area contributed by atoms with Crippen LogP contribution in [0.2, 0.25) is 0 Å². The van der Waals surface area contributed by atoms with E-state index in [0.717, 1.165) is 43.0 Å². The van der Waals surface area contributed by atoms with Gasteiger partial charge in [-0.1, -0.05) is 0 Å². The molecule has 1 fully saturated rings. The van der Waals surface area contributed by atoms with Crippen molar-refractivity contribution in [3.63, 3.8) is 0 Å². The largest absolute Gasteiger partial charge is 0.378 e. The van der Waals surface area contributed by atoms with Gasteiger partial charge in [0, 0.05) is 36.8 Å². The number of nitrogens with two attached hydrogens (primary N) is 1. The second-order valence-electron chi connectivity index (χ2n) is 4.94. The lowest BCUT2D eigenvalue weighted by Gasteiger charge is -2.28. The van der Waals surface area contributed by atoms with Crippen LogP contribution in [0.15, 0.2) is 30.6 Å². The Morgan fingerprint density at radius 1 is 1.32 bits per heavy atom. The molecule has 7 heteroatoms. The van der Waals surface area contributed by atoms with Gasteiger partial charge in [0.1, 0.15) is 0 Å². The number of fused-ring (bicyclic) bond motifs is 1. The van der Waals surface area contributed by atoms with Crippen LogP contribution in [0, 0.1) is 5.41 Å². The van der Waals surface area contributed by atoms with Crippen LogP contribution >= 0.6 is 0 Å². The first kappa shape index (κ1) is 14.4. The van der Waals surface area contributed by atoms with Gasteiger partial charge in [-0.25, -0.2) is 4.98 Å². The van der Waals surface area contributed by atoms with Crippen LogP contribution in [-0.4, -0.2) is 42.5 Å². The molecule has 0 atom stereocenters. The Balaban J connectivity index is 1.98.